The van der Waals surface area contributed by atoms with Gasteiger partial charge in [-0.25, -0.2) is 0 Å². The van der Waals surface area contributed by atoms with E-state index in [4.69, 9.17) is 0 Å². The third kappa shape index (κ3) is 1.48. The van der Waals surface area contributed by atoms with Crippen LogP contribution in [0.1, 0.15) is 5.69 Å². The van der Waals surface area contributed by atoms with Crippen molar-refractivity contribution in [2.45, 2.75) is 13.5 Å². The summed E-state index contributed by atoms with van der Waals surface area (Å²) in [5.41, 5.74) is 2.21. The van der Waals surface area contributed by atoms with Gasteiger partial charge in [-0.1, -0.05) is 22.0 Å². The predicted octanol–water partition coefficient (Wildman–Crippen LogP) is 3.29. The van der Waals surface area contributed by atoms with Crippen LogP contribution in [0.5, 0.6) is 0 Å². The number of rotatable bonds is 2. The molecule has 3 heteroatoms. The molecule has 0 fully saturated rings. The molecule has 0 N–H and O–H groups in total. The van der Waals surface area contributed by atoms with Crippen molar-refractivity contribution in [1.29, 1.82) is 0 Å². The third-order valence-electron chi connectivity index (χ3n) is 2.27. The Labute approximate surface area is 91.4 Å². The van der Waals surface area contributed by atoms with E-state index < -0.39 is 0 Å². The quantitative estimate of drug-likeness (QED) is 0.749. The van der Waals surface area contributed by atoms with E-state index in [2.05, 4.69) is 40.6 Å². The molecule has 2 nitrogen and oxygen atoms in total. The van der Waals surface area contributed by atoms with Gasteiger partial charge in [0.1, 0.15) is 0 Å². The van der Waals surface area contributed by atoms with E-state index in [1.54, 1.807) is 0 Å². The zero-order chi connectivity index (χ0) is 10.1. The number of hydrogen-bond donors (Lipinski definition) is 0. The second kappa shape index (κ2) is 3.58. The lowest BCUT2D eigenvalue weighted by Crippen LogP contribution is -1.98. The fourth-order valence-electron chi connectivity index (χ4n) is 1.54. The monoisotopic (exact) mass is 250 g/mol. The first-order valence-corrected chi connectivity index (χ1v) is 5.25. The molecule has 0 saturated carbocycles. The molecule has 0 saturated heterocycles. The first kappa shape index (κ1) is 9.46. The van der Waals surface area contributed by atoms with E-state index >= 15 is 0 Å². The standard InChI is InChI=1S/C11H11BrN2/c1-3-6-14-8(2)10-5-4-9(12)7-11(10)13-14/h3-5,7H,1,6H2,2H3. The van der Waals surface area contributed by atoms with E-state index in [1.807, 2.05) is 22.9 Å². The number of allylic oxidation sites excluding steroid dienone is 1. The summed E-state index contributed by atoms with van der Waals surface area (Å²) in [6, 6.07) is 6.15. The summed E-state index contributed by atoms with van der Waals surface area (Å²) in [6.07, 6.45) is 1.86. The normalized spacial score (nSPS) is 10.7. The van der Waals surface area contributed by atoms with Crippen LogP contribution in [0.2, 0.25) is 0 Å². The van der Waals surface area contributed by atoms with Crippen molar-refractivity contribution in [3.63, 3.8) is 0 Å². The van der Waals surface area contributed by atoms with Crippen molar-refractivity contribution in [2.75, 3.05) is 0 Å². The largest absolute Gasteiger partial charge is 0.265 e. The van der Waals surface area contributed by atoms with E-state index in [-0.39, 0.29) is 0 Å². The molecule has 1 aromatic carbocycles. The Balaban J connectivity index is 2.66. The molecule has 0 aliphatic heterocycles. The molecule has 1 aromatic heterocycles. The summed E-state index contributed by atoms with van der Waals surface area (Å²) in [5, 5.41) is 5.68. The second-order valence-electron chi connectivity index (χ2n) is 3.22. The molecule has 0 spiro atoms. The SMILES string of the molecule is C=CCn1nc2cc(Br)ccc2c1C. The summed E-state index contributed by atoms with van der Waals surface area (Å²) < 4.78 is 3.03. The van der Waals surface area contributed by atoms with Crippen LogP contribution in [0, 0.1) is 6.92 Å². The third-order valence-corrected chi connectivity index (χ3v) is 2.76. The Kier molecular flexibility index (Phi) is 2.42. The van der Waals surface area contributed by atoms with Crippen molar-refractivity contribution >= 4 is 26.8 Å². The molecule has 0 aliphatic rings. The van der Waals surface area contributed by atoms with Gasteiger partial charge in [0, 0.05) is 15.6 Å². The number of aryl methyl sites for hydroxylation is 1. The number of hydrogen-bond acceptors (Lipinski definition) is 1. The van der Waals surface area contributed by atoms with Crippen LogP contribution in [0.3, 0.4) is 0 Å². The minimum Gasteiger partial charge on any atom is -0.265 e. The average Bonchev–Trinajstić information content (AvgIpc) is 2.44. The lowest BCUT2D eigenvalue weighted by atomic mass is 10.2. The van der Waals surface area contributed by atoms with Gasteiger partial charge in [-0.05, 0) is 25.1 Å². The van der Waals surface area contributed by atoms with Crippen LogP contribution < -0.4 is 0 Å². The van der Waals surface area contributed by atoms with Gasteiger partial charge >= 0.3 is 0 Å². The highest BCUT2D eigenvalue weighted by atomic mass is 79.9. The maximum absolute atomic E-state index is 4.48. The lowest BCUT2D eigenvalue weighted by molar-refractivity contribution is 0.688. The van der Waals surface area contributed by atoms with Crippen LogP contribution in [0.25, 0.3) is 10.9 Å². The molecule has 2 aromatic rings. The number of benzene rings is 1. The predicted molar refractivity (Wildman–Crippen MR) is 62.4 cm³/mol. The Hall–Kier alpha value is -1.09. The maximum atomic E-state index is 4.48. The molecular formula is C11H11BrN2. The minimum atomic E-state index is 0.762. The smallest absolute Gasteiger partial charge is 0.0937 e. The van der Waals surface area contributed by atoms with Gasteiger partial charge in [-0.3, -0.25) is 4.68 Å². The van der Waals surface area contributed by atoms with E-state index in [0.29, 0.717) is 0 Å². The summed E-state index contributed by atoms with van der Waals surface area (Å²) in [7, 11) is 0. The van der Waals surface area contributed by atoms with Crippen LogP contribution in [-0.2, 0) is 6.54 Å². The molecule has 2 rings (SSSR count). The summed E-state index contributed by atoms with van der Waals surface area (Å²) in [6.45, 7) is 6.55. The van der Waals surface area contributed by atoms with Crippen LogP contribution in [-0.4, -0.2) is 9.78 Å². The van der Waals surface area contributed by atoms with Gasteiger partial charge in [0.15, 0.2) is 0 Å². The van der Waals surface area contributed by atoms with Crippen molar-refractivity contribution < 1.29 is 0 Å². The fourth-order valence-corrected chi connectivity index (χ4v) is 1.89. The van der Waals surface area contributed by atoms with Crippen molar-refractivity contribution in [3.8, 4) is 0 Å². The van der Waals surface area contributed by atoms with E-state index in [0.717, 1.165) is 16.5 Å². The fraction of sp³-hybridized carbons (Fsp3) is 0.182. The first-order chi connectivity index (χ1) is 6.72. The second-order valence-corrected chi connectivity index (χ2v) is 4.13. The molecule has 1 heterocycles. The highest BCUT2D eigenvalue weighted by Crippen LogP contribution is 2.21. The zero-order valence-corrected chi connectivity index (χ0v) is 9.58. The Morgan fingerprint density at radius 1 is 1.57 bits per heavy atom. The van der Waals surface area contributed by atoms with Crippen molar-refractivity contribution in [2.24, 2.45) is 0 Å². The topological polar surface area (TPSA) is 17.8 Å². The number of fused-ring (bicyclic) bond motifs is 1. The van der Waals surface area contributed by atoms with E-state index in [1.165, 1.54) is 11.1 Å². The van der Waals surface area contributed by atoms with Crippen LogP contribution in [0.15, 0.2) is 35.3 Å². The lowest BCUT2D eigenvalue weighted by Gasteiger charge is -1.97. The van der Waals surface area contributed by atoms with Gasteiger partial charge in [-0.15, -0.1) is 6.58 Å². The highest BCUT2D eigenvalue weighted by Gasteiger charge is 2.05. The molecular weight excluding hydrogens is 240 g/mol. The average molecular weight is 251 g/mol. The highest BCUT2D eigenvalue weighted by molar-refractivity contribution is 9.10. The molecule has 0 amide bonds. The number of aromatic nitrogens is 2. The van der Waals surface area contributed by atoms with Gasteiger partial charge in [0.2, 0.25) is 0 Å². The molecule has 72 valence electrons. The Morgan fingerprint density at radius 2 is 2.36 bits per heavy atom. The van der Waals surface area contributed by atoms with Crippen LogP contribution >= 0.6 is 15.9 Å². The van der Waals surface area contributed by atoms with E-state index in [9.17, 15) is 0 Å². The van der Waals surface area contributed by atoms with Crippen molar-refractivity contribution in [3.05, 3.63) is 41.0 Å². The summed E-state index contributed by atoms with van der Waals surface area (Å²) in [4.78, 5) is 0. The molecule has 0 radical (unpaired) electrons. The van der Waals surface area contributed by atoms with Gasteiger partial charge in [0.05, 0.1) is 12.1 Å². The first-order valence-electron chi connectivity index (χ1n) is 4.46. The van der Waals surface area contributed by atoms with Crippen LogP contribution in [0.4, 0.5) is 0 Å². The Bertz CT molecular complexity index is 485. The zero-order valence-electron chi connectivity index (χ0n) is 8.00. The number of halogens is 1. The van der Waals surface area contributed by atoms with Gasteiger partial charge in [0.25, 0.3) is 0 Å². The Morgan fingerprint density at radius 3 is 3.07 bits per heavy atom. The minimum absolute atomic E-state index is 0.762. The molecule has 0 unspecified atom stereocenters. The maximum Gasteiger partial charge on any atom is 0.0937 e. The van der Waals surface area contributed by atoms with Crippen molar-refractivity contribution in [1.82, 2.24) is 9.78 Å². The van der Waals surface area contributed by atoms with Gasteiger partial charge in [-0.2, -0.15) is 5.10 Å². The number of nitrogens with zero attached hydrogens (tertiary/aromatic N) is 2. The molecule has 0 atom stereocenters. The summed E-state index contributed by atoms with van der Waals surface area (Å²) >= 11 is 3.44. The van der Waals surface area contributed by atoms with Gasteiger partial charge < -0.3 is 0 Å². The molecule has 0 bridgehead atoms. The molecule has 0 aliphatic carbocycles. The molecule has 14 heavy (non-hydrogen) atoms. The summed E-state index contributed by atoms with van der Waals surface area (Å²) in [5.74, 6) is 0.